The first-order valence-corrected chi connectivity index (χ1v) is 8.63. The van der Waals surface area contributed by atoms with Gasteiger partial charge in [0.2, 0.25) is 5.91 Å². The van der Waals surface area contributed by atoms with Crippen LogP contribution in [0.2, 0.25) is 0 Å². The molecule has 0 spiro atoms. The Kier molecular flexibility index (Phi) is 4.57. The average molecular weight is 378 g/mol. The van der Waals surface area contributed by atoms with Crippen LogP contribution >= 0.6 is 0 Å². The second-order valence-corrected chi connectivity index (χ2v) is 6.38. The predicted molar refractivity (Wildman–Crippen MR) is 101 cm³/mol. The topological polar surface area (TPSA) is 59.3 Å². The average Bonchev–Trinajstić information content (AvgIpc) is 3.10. The maximum atomic E-state index is 13.5. The Balaban J connectivity index is 1.83. The zero-order valence-electron chi connectivity index (χ0n) is 15.0. The van der Waals surface area contributed by atoms with Crippen LogP contribution < -0.4 is 5.32 Å². The second kappa shape index (κ2) is 7.19. The lowest BCUT2D eigenvalue weighted by Crippen LogP contribution is -2.19. The summed E-state index contributed by atoms with van der Waals surface area (Å²) < 4.78 is 28.4. The van der Waals surface area contributed by atoms with Crippen LogP contribution in [0.1, 0.15) is 12.5 Å². The molecule has 0 aliphatic carbocycles. The molecule has 0 atom stereocenters. The summed E-state index contributed by atoms with van der Waals surface area (Å²) in [5.74, 6) is -0.851. The highest BCUT2D eigenvalue weighted by molar-refractivity contribution is 5.75. The molecule has 0 fully saturated rings. The van der Waals surface area contributed by atoms with E-state index < -0.39 is 0 Å². The first-order chi connectivity index (χ1) is 13.5. The van der Waals surface area contributed by atoms with Crippen molar-refractivity contribution >= 4 is 11.6 Å². The van der Waals surface area contributed by atoms with Gasteiger partial charge >= 0.3 is 0 Å². The van der Waals surface area contributed by atoms with Crippen molar-refractivity contribution in [2.24, 2.45) is 0 Å². The van der Waals surface area contributed by atoms with E-state index in [9.17, 15) is 13.6 Å². The molecule has 140 valence electrons. The zero-order valence-corrected chi connectivity index (χ0v) is 15.0. The lowest BCUT2D eigenvalue weighted by atomic mass is 10.0. The number of hydrogen-bond acceptors (Lipinski definition) is 3. The van der Waals surface area contributed by atoms with Gasteiger partial charge in [0.05, 0.1) is 11.4 Å². The second-order valence-electron chi connectivity index (χ2n) is 6.38. The fraction of sp³-hybridized carbons (Fsp3) is 0.0952. The maximum absolute atomic E-state index is 13.5. The van der Waals surface area contributed by atoms with E-state index in [1.165, 1.54) is 31.3 Å². The van der Waals surface area contributed by atoms with Gasteiger partial charge in [-0.25, -0.2) is 13.8 Å². The number of carbonyl (C=O) groups is 1. The Morgan fingerprint density at radius 2 is 1.79 bits per heavy atom. The predicted octanol–water partition coefficient (Wildman–Crippen LogP) is 3.98. The van der Waals surface area contributed by atoms with Gasteiger partial charge in [-0.15, -0.1) is 0 Å². The van der Waals surface area contributed by atoms with Gasteiger partial charge in [0.15, 0.2) is 0 Å². The molecule has 1 aromatic carbocycles. The van der Waals surface area contributed by atoms with E-state index in [-0.39, 0.29) is 24.1 Å². The molecule has 0 bridgehead atoms. The van der Waals surface area contributed by atoms with Gasteiger partial charge in [-0.2, -0.15) is 0 Å². The Morgan fingerprint density at radius 3 is 2.54 bits per heavy atom. The number of pyridine rings is 2. The van der Waals surface area contributed by atoms with E-state index in [2.05, 4.69) is 15.3 Å². The van der Waals surface area contributed by atoms with Crippen molar-refractivity contribution in [1.29, 1.82) is 0 Å². The van der Waals surface area contributed by atoms with Crippen molar-refractivity contribution in [1.82, 2.24) is 19.7 Å². The molecule has 5 nitrogen and oxygen atoms in total. The van der Waals surface area contributed by atoms with Gasteiger partial charge in [0.25, 0.3) is 0 Å². The number of halogens is 2. The number of fused-ring (bicyclic) bond motifs is 1. The van der Waals surface area contributed by atoms with Crippen LogP contribution in [0, 0.1) is 11.6 Å². The summed E-state index contributed by atoms with van der Waals surface area (Å²) in [6.45, 7) is 1.72. The van der Waals surface area contributed by atoms with Crippen molar-refractivity contribution in [2.75, 3.05) is 0 Å². The molecule has 0 aliphatic rings. The highest BCUT2D eigenvalue weighted by atomic mass is 19.1. The van der Waals surface area contributed by atoms with E-state index >= 15 is 0 Å². The van der Waals surface area contributed by atoms with E-state index in [0.29, 0.717) is 17.0 Å². The van der Waals surface area contributed by atoms with Crippen molar-refractivity contribution < 1.29 is 13.6 Å². The van der Waals surface area contributed by atoms with Crippen LogP contribution in [0.15, 0.2) is 61.1 Å². The van der Waals surface area contributed by atoms with Crippen molar-refractivity contribution in [3.05, 3.63) is 78.3 Å². The Hall–Kier alpha value is -3.61. The third-order valence-corrected chi connectivity index (χ3v) is 4.35. The summed E-state index contributed by atoms with van der Waals surface area (Å²) in [5.41, 5.74) is 4.14. The summed E-state index contributed by atoms with van der Waals surface area (Å²) in [6, 6.07) is 10.8. The van der Waals surface area contributed by atoms with Crippen LogP contribution in [0.5, 0.6) is 0 Å². The van der Waals surface area contributed by atoms with Crippen molar-refractivity contribution in [2.45, 2.75) is 13.5 Å². The Labute approximate surface area is 159 Å². The fourth-order valence-corrected chi connectivity index (χ4v) is 2.96. The summed E-state index contributed by atoms with van der Waals surface area (Å²) in [7, 11) is 0. The molecule has 0 unspecified atom stereocenters. The third kappa shape index (κ3) is 3.59. The van der Waals surface area contributed by atoms with Gasteiger partial charge < -0.3 is 9.72 Å². The summed E-state index contributed by atoms with van der Waals surface area (Å²) >= 11 is 0. The molecule has 0 saturated heterocycles. The number of rotatable bonds is 4. The molecule has 3 aromatic heterocycles. The third-order valence-electron chi connectivity index (χ3n) is 4.35. The number of nitrogens with zero attached hydrogens (tertiary/aromatic N) is 3. The monoisotopic (exact) mass is 378 g/mol. The molecular weight excluding hydrogens is 362 g/mol. The first kappa shape index (κ1) is 17.8. The molecule has 1 N–H and O–H groups in total. The molecule has 7 heteroatoms. The fourth-order valence-electron chi connectivity index (χ4n) is 2.96. The normalized spacial score (nSPS) is 11.0. The van der Waals surface area contributed by atoms with Crippen LogP contribution in [-0.4, -0.2) is 20.3 Å². The Morgan fingerprint density at radius 1 is 1.04 bits per heavy atom. The van der Waals surface area contributed by atoms with Gasteiger partial charge in [-0.3, -0.25) is 9.78 Å². The highest BCUT2D eigenvalue weighted by Gasteiger charge is 2.13. The van der Waals surface area contributed by atoms with Gasteiger partial charge in [-0.05, 0) is 48.0 Å². The largest absolute Gasteiger partial charge is 0.352 e. The lowest BCUT2D eigenvalue weighted by Gasteiger charge is -2.10. The Bertz CT molecular complexity index is 1170. The molecule has 0 aliphatic heterocycles. The smallest absolute Gasteiger partial charge is 0.217 e. The molecule has 4 rings (SSSR count). The highest BCUT2D eigenvalue weighted by Crippen LogP contribution is 2.28. The van der Waals surface area contributed by atoms with E-state index in [0.717, 1.165) is 16.7 Å². The molecule has 3 heterocycles. The van der Waals surface area contributed by atoms with Crippen LogP contribution in [-0.2, 0) is 11.3 Å². The SMILES string of the molecule is CC(=O)NCc1cnc(-c2ccc(F)cc2)cc1-c1cn2cc(F)ccc2n1. The minimum Gasteiger partial charge on any atom is -0.352 e. The minimum absolute atomic E-state index is 0.161. The molecule has 0 radical (unpaired) electrons. The van der Waals surface area contributed by atoms with Gasteiger partial charge in [0, 0.05) is 43.2 Å². The van der Waals surface area contributed by atoms with E-state index in [4.69, 9.17) is 0 Å². The summed E-state index contributed by atoms with van der Waals surface area (Å²) in [6.07, 6.45) is 4.73. The number of benzene rings is 1. The quantitative estimate of drug-likeness (QED) is 0.584. The van der Waals surface area contributed by atoms with Gasteiger partial charge in [0.1, 0.15) is 17.3 Å². The van der Waals surface area contributed by atoms with Crippen LogP contribution in [0.3, 0.4) is 0 Å². The van der Waals surface area contributed by atoms with Gasteiger partial charge in [-0.1, -0.05) is 0 Å². The lowest BCUT2D eigenvalue weighted by molar-refractivity contribution is -0.119. The summed E-state index contributed by atoms with van der Waals surface area (Å²) in [4.78, 5) is 20.3. The van der Waals surface area contributed by atoms with Crippen molar-refractivity contribution in [3.8, 4) is 22.5 Å². The molecular formula is C21H16F2N4O. The van der Waals surface area contributed by atoms with E-state index in [1.54, 1.807) is 35.0 Å². The molecule has 28 heavy (non-hydrogen) atoms. The number of imidazole rings is 1. The van der Waals surface area contributed by atoms with E-state index in [1.807, 2.05) is 6.07 Å². The number of amides is 1. The maximum Gasteiger partial charge on any atom is 0.217 e. The number of nitrogens with one attached hydrogen (secondary N) is 1. The number of hydrogen-bond donors (Lipinski definition) is 1. The molecule has 0 saturated carbocycles. The zero-order chi connectivity index (χ0) is 19.7. The number of carbonyl (C=O) groups excluding carboxylic acids is 1. The molecule has 4 aromatic rings. The van der Waals surface area contributed by atoms with Crippen molar-refractivity contribution in [3.63, 3.8) is 0 Å². The van der Waals surface area contributed by atoms with Crippen LogP contribution in [0.4, 0.5) is 8.78 Å². The van der Waals surface area contributed by atoms with Crippen LogP contribution in [0.25, 0.3) is 28.2 Å². The first-order valence-electron chi connectivity index (χ1n) is 8.63. The number of aromatic nitrogens is 3. The molecule has 1 amide bonds. The standard InChI is InChI=1S/C21H16F2N4O/c1-13(28)24-9-15-10-25-19(14-2-4-16(22)5-3-14)8-18(15)20-12-27-11-17(23)6-7-21(27)26-20/h2-8,10-12H,9H2,1H3,(H,24,28). The minimum atomic E-state index is -0.364. The summed E-state index contributed by atoms with van der Waals surface area (Å²) in [5, 5.41) is 2.76.